The van der Waals surface area contributed by atoms with Crippen LogP contribution < -0.4 is 0 Å². The molecule has 0 bridgehead atoms. The maximum absolute atomic E-state index is 11.3. The van der Waals surface area contributed by atoms with E-state index in [9.17, 15) is 8.42 Å². The zero-order chi connectivity index (χ0) is 13.1. The van der Waals surface area contributed by atoms with E-state index in [1.54, 1.807) is 6.07 Å². The van der Waals surface area contributed by atoms with Crippen molar-refractivity contribution in [3.63, 3.8) is 0 Å². The average Bonchev–Trinajstić information content (AvgIpc) is 2.60. The molecule has 0 unspecified atom stereocenters. The molecule has 2 heterocycles. The summed E-state index contributed by atoms with van der Waals surface area (Å²) in [6.07, 6.45) is 5.48. The molecule has 6 nitrogen and oxygen atoms in total. The van der Waals surface area contributed by atoms with Crippen LogP contribution in [-0.2, 0) is 47.5 Å². The van der Waals surface area contributed by atoms with Crippen LogP contribution in [0.15, 0.2) is 18.5 Å². The Kier molecular flexibility index (Phi) is 6.66. The third-order valence-electron chi connectivity index (χ3n) is 1.76. The van der Waals surface area contributed by atoms with Crippen molar-refractivity contribution in [2.24, 2.45) is 0 Å². The van der Waals surface area contributed by atoms with Gasteiger partial charge in [-0.1, -0.05) is 11.9 Å². The van der Waals surface area contributed by atoms with Gasteiger partial charge >= 0.3 is 0 Å². The van der Waals surface area contributed by atoms with Crippen molar-refractivity contribution < 1.29 is 45.9 Å². The number of hydrogen-bond acceptors (Lipinski definition) is 5. The number of aromatic nitrogens is 3. The van der Waals surface area contributed by atoms with Crippen LogP contribution in [-0.4, -0.2) is 34.9 Å². The van der Waals surface area contributed by atoms with Gasteiger partial charge in [0.25, 0.3) is 0 Å². The number of hydrogen-bond donors (Lipinski definition) is 0. The number of fused-ring (bicyclic) bond motifs is 1. The molecular formula is C10H11N3O3SY-2. The molecule has 0 spiro atoms. The summed E-state index contributed by atoms with van der Waals surface area (Å²) < 4.78 is 23.6. The van der Waals surface area contributed by atoms with E-state index in [0.29, 0.717) is 16.9 Å². The topological polar surface area (TPSA) is 81.9 Å². The van der Waals surface area contributed by atoms with Crippen LogP contribution in [0.4, 0.5) is 0 Å². The Hall–Kier alpha value is -0.786. The van der Waals surface area contributed by atoms with Crippen molar-refractivity contribution in [1.82, 2.24) is 13.9 Å². The summed E-state index contributed by atoms with van der Waals surface area (Å²) in [4.78, 5) is 16.7. The number of rotatable bonds is 1. The Labute approximate surface area is 131 Å². The fourth-order valence-corrected chi connectivity index (χ4v) is 1.93. The molecule has 8 heteroatoms. The van der Waals surface area contributed by atoms with E-state index in [1.165, 1.54) is 25.6 Å². The Morgan fingerprint density at radius 2 is 2.00 bits per heavy atom. The van der Waals surface area contributed by atoms with Crippen LogP contribution in [0.5, 0.6) is 0 Å². The molecule has 2 aromatic heterocycles. The first-order valence-corrected chi connectivity index (χ1v) is 6.40. The minimum atomic E-state index is -3.31. The van der Waals surface area contributed by atoms with E-state index in [2.05, 4.69) is 16.9 Å². The van der Waals surface area contributed by atoms with Gasteiger partial charge in [-0.25, -0.2) is 19.3 Å². The average molecular weight is 342 g/mol. The minimum Gasteiger partial charge on any atom is -0.542 e. The van der Waals surface area contributed by atoms with Crippen molar-refractivity contribution >= 4 is 27.5 Å². The predicted octanol–water partition coefficient (Wildman–Crippen LogP) is 0.535. The molecule has 0 aliphatic carbocycles. The first-order chi connectivity index (χ1) is 7.90. The van der Waals surface area contributed by atoms with Gasteiger partial charge in [-0.15, -0.1) is 0 Å². The van der Waals surface area contributed by atoms with Crippen LogP contribution in [0.25, 0.3) is 11.2 Å². The molecule has 2 rings (SSSR count). The van der Waals surface area contributed by atoms with Crippen LogP contribution in [0.3, 0.4) is 0 Å². The Morgan fingerprint density at radius 1 is 1.44 bits per heavy atom. The Morgan fingerprint density at radius 3 is 2.50 bits per heavy atom. The molecule has 0 amide bonds. The van der Waals surface area contributed by atoms with Gasteiger partial charge in [0.15, 0.2) is 5.65 Å². The van der Waals surface area contributed by atoms with Gasteiger partial charge in [-0.2, -0.15) is 6.92 Å². The van der Waals surface area contributed by atoms with E-state index in [4.69, 9.17) is 4.79 Å². The Balaban J connectivity index is 0.000000660. The second-order valence-corrected chi connectivity index (χ2v) is 5.01. The van der Waals surface area contributed by atoms with Crippen LogP contribution in [0, 0.1) is 6.92 Å². The molecule has 95 valence electrons. The SMILES string of the molecule is C[C-]=O.[CH2-]c1cnc2c(ccn2S(C)(=O)=O)n1.[Y]. The smallest absolute Gasteiger partial charge is 0.237 e. The van der Waals surface area contributed by atoms with Crippen molar-refractivity contribution in [3.05, 3.63) is 31.1 Å². The summed E-state index contributed by atoms with van der Waals surface area (Å²) in [6.45, 7) is 4.93. The van der Waals surface area contributed by atoms with E-state index in [0.717, 1.165) is 10.2 Å². The normalized spacial score (nSPS) is 10.1. The first-order valence-electron chi connectivity index (χ1n) is 4.55. The number of nitrogens with zero attached hydrogens (tertiary/aromatic N) is 3. The molecule has 1 radical (unpaired) electrons. The minimum absolute atomic E-state index is 0. The van der Waals surface area contributed by atoms with Crippen LogP contribution in [0.2, 0.25) is 0 Å². The van der Waals surface area contributed by atoms with E-state index in [1.807, 2.05) is 0 Å². The van der Waals surface area contributed by atoms with Crippen LogP contribution in [0.1, 0.15) is 12.6 Å². The molecule has 0 fully saturated rings. The van der Waals surface area contributed by atoms with Crippen molar-refractivity contribution in [2.45, 2.75) is 6.92 Å². The molecule has 0 aliphatic rings. The predicted molar refractivity (Wildman–Crippen MR) is 63.6 cm³/mol. The van der Waals surface area contributed by atoms with E-state index >= 15 is 0 Å². The number of carbonyl (C=O) groups excluding carboxylic acids is 1. The maximum Gasteiger partial charge on any atom is 0.237 e. The molecule has 0 saturated heterocycles. The second kappa shape index (κ2) is 6.96. The van der Waals surface area contributed by atoms with Crippen LogP contribution >= 0.6 is 0 Å². The molecule has 18 heavy (non-hydrogen) atoms. The van der Waals surface area contributed by atoms with Gasteiger partial charge in [0.05, 0.1) is 6.26 Å². The summed E-state index contributed by atoms with van der Waals surface area (Å²) in [6, 6.07) is 1.60. The molecule has 2 aromatic rings. The largest absolute Gasteiger partial charge is 0.542 e. The van der Waals surface area contributed by atoms with Crippen molar-refractivity contribution in [3.8, 4) is 0 Å². The molecule has 0 atom stereocenters. The zero-order valence-electron chi connectivity index (χ0n) is 9.99. The molecular weight excluding hydrogens is 331 g/mol. The molecule has 0 N–H and O–H groups in total. The summed E-state index contributed by atoms with van der Waals surface area (Å²) in [7, 11) is -3.31. The zero-order valence-corrected chi connectivity index (χ0v) is 13.6. The van der Waals surface area contributed by atoms with Gasteiger partial charge in [0.2, 0.25) is 10.0 Å². The van der Waals surface area contributed by atoms with E-state index in [-0.39, 0.29) is 32.7 Å². The molecule has 0 aliphatic heterocycles. The third-order valence-corrected chi connectivity index (χ3v) is 2.77. The fourth-order valence-electron chi connectivity index (χ4n) is 1.19. The summed E-state index contributed by atoms with van der Waals surface area (Å²) in [5.74, 6) is 0. The second-order valence-electron chi connectivity index (χ2n) is 3.15. The van der Waals surface area contributed by atoms with Gasteiger partial charge < -0.3 is 9.78 Å². The monoisotopic (exact) mass is 342 g/mol. The van der Waals surface area contributed by atoms with Gasteiger partial charge in [0, 0.05) is 38.9 Å². The van der Waals surface area contributed by atoms with Gasteiger partial charge in [0.1, 0.15) is 5.52 Å². The Bertz CT molecular complexity index is 637. The molecule has 0 saturated carbocycles. The summed E-state index contributed by atoms with van der Waals surface area (Å²) >= 11 is 0. The third kappa shape index (κ3) is 4.15. The quantitative estimate of drug-likeness (QED) is 0.707. The summed E-state index contributed by atoms with van der Waals surface area (Å²) in [5.41, 5.74) is 1.38. The van der Waals surface area contributed by atoms with E-state index < -0.39 is 10.0 Å². The van der Waals surface area contributed by atoms with Gasteiger partial charge in [-0.05, 0) is 6.07 Å². The first kappa shape index (κ1) is 17.2. The van der Waals surface area contributed by atoms with Gasteiger partial charge in [-0.3, -0.25) is 11.3 Å². The summed E-state index contributed by atoms with van der Waals surface area (Å²) in [5, 5.41) is 0. The van der Waals surface area contributed by atoms with Crippen molar-refractivity contribution in [1.29, 1.82) is 0 Å². The fraction of sp³-hybridized carbons (Fsp3) is 0.200. The maximum atomic E-state index is 11.3. The molecule has 0 aromatic carbocycles. The van der Waals surface area contributed by atoms with Crippen molar-refractivity contribution in [2.75, 3.05) is 6.26 Å². The standard InChI is InChI=1S/C8H8N3O2S.C2H3O.Y/c1-6-5-9-8-7(10-6)3-4-11(8)14(2,12)13;1-2-3;/h3-5H,1H2,2H3;1H3;/q2*-1;.